The fourth-order valence-corrected chi connectivity index (χ4v) is 4.26. The Balaban J connectivity index is 2.20. The highest BCUT2D eigenvalue weighted by Crippen LogP contribution is 2.54. The molecule has 1 fully saturated rings. The number of aliphatic hydroxyl groups is 2. The quantitative estimate of drug-likeness (QED) is 0.834. The SMILES string of the molecule is CC(C)(O)c1ccc2c(c1)C(=O)C=C1C(C)(C)[C@H](O)CC[C@]12C. The zero-order chi connectivity index (χ0) is 17.2. The van der Waals surface area contributed by atoms with Crippen LogP contribution in [0.25, 0.3) is 0 Å². The molecule has 1 saturated carbocycles. The molecule has 3 rings (SSSR count). The fraction of sp³-hybridized carbons (Fsp3) is 0.550. The molecule has 2 N–H and O–H groups in total. The Morgan fingerprint density at radius 3 is 2.48 bits per heavy atom. The minimum Gasteiger partial charge on any atom is -0.392 e. The van der Waals surface area contributed by atoms with Crippen molar-refractivity contribution in [2.24, 2.45) is 5.41 Å². The number of aliphatic hydroxyl groups excluding tert-OH is 1. The smallest absolute Gasteiger partial charge is 0.186 e. The molecule has 0 heterocycles. The molecule has 2 aliphatic rings. The molecule has 3 heteroatoms. The van der Waals surface area contributed by atoms with E-state index in [4.69, 9.17) is 0 Å². The molecule has 3 nitrogen and oxygen atoms in total. The van der Waals surface area contributed by atoms with Crippen molar-refractivity contribution in [1.82, 2.24) is 0 Å². The minimum atomic E-state index is -0.970. The number of carbonyl (C=O) groups is 1. The largest absolute Gasteiger partial charge is 0.392 e. The zero-order valence-electron chi connectivity index (χ0n) is 14.6. The molecule has 0 radical (unpaired) electrons. The summed E-state index contributed by atoms with van der Waals surface area (Å²) in [6.45, 7) is 9.66. The summed E-state index contributed by atoms with van der Waals surface area (Å²) in [7, 11) is 0. The van der Waals surface area contributed by atoms with Crippen LogP contribution in [0.1, 0.15) is 68.9 Å². The lowest BCUT2D eigenvalue weighted by atomic mass is 9.54. The first kappa shape index (κ1) is 16.4. The van der Waals surface area contributed by atoms with Crippen LogP contribution in [0, 0.1) is 5.41 Å². The third-order valence-electron chi connectivity index (χ3n) is 5.90. The van der Waals surface area contributed by atoms with Crippen LogP contribution < -0.4 is 0 Å². The van der Waals surface area contributed by atoms with Crippen LogP contribution in [-0.4, -0.2) is 22.1 Å². The Morgan fingerprint density at radius 1 is 1.22 bits per heavy atom. The second-order valence-corrected chi connectivity index (χ2v) is 8.35. The highest BCUT2D eigenvalue weighted by atomic mass is 16.3. The molecule has 124 valence electrons. The van der Waals surface area contributed by atoms with Gasteiger partial charge in [-0.15, -0.1) is 0 Å². The first-order valence-electron chi connectivity index (χ1n) is 8.30. The summed E-state index contributed by atoms with van der Waals surface area (Å²) in [5.41, 5.74) is 1.87. The van der Waals surface area contributed by atoms with Crippen LogP contribution in [0.5, 0.6) is 0 Å². The van der Waals surface area contributed by atoms with E-state index in [1.165, 1.54) is 0 Å². The van der Waals surface area contributed by atoms with Gasteiger partial charge < -0.3 is 10.2 Å². The van der Waals surface area contributed by atoms with Gasteiger partial charge in [0.2, 0.25) is 0 Å². The lowest BCUT2D eigenvalue weighted by molar-refractivity contribution is 0.0285. The number of benzene rings is 1. The van der Waals surface area contributed by atoms with Crippen LogP contribution in [0.3, 0.4) is 0 Å². The third-order valence-corrected chi connectivity index (χ3v) is 5.90. The number of carbonyl (C=O) groups excluding carboxylic acids is 1. The molecule has 0 unspecified atom stereocenters. The van der Waals surface area contributed by atoms with Crippen molar-refractivity contribution in [3.8, 4) is 0 Å². The maximum Gasteiger partial charge on any atom is 0.186 e. The van der Waals surface area contributed by atoms with E-state index in [1.807, 2.05) is 32.0 Å². The van der Waals surface area contributed by atoms with E-state index in [1.54, 1.807) is 19.9 Å². The Morgan fingerprint density at radius 2 is 1.87 bits per heavy atom. The molecule has 0 bridgehead atoms. The van der Waals surface area contributed by atoms with E-state index in [0.717, 1.165) is 29.5 Å². The number of rotatable bonds is 1. The topological polar surface area (TPSA) is 57.5 Å². The van der Waals surface area contributed by atoms with Gasteiger partial charge in [-0.25, -0.2) is 0 Å². The van der Waals surface area contributed by atoms with Gasteiger partial charge >= 0.3 is 0 Å². The Bertz CT molecular complexity index is 706. The van der Waals surface area contributed by atoms with Crippen molar-refractivity contribution in [3.63, 3.8) is 0 Å². The van der Waals surface area contributed by atoms with Crippen molar-refractivity contribution < 1.29 is 15.0 Å². The number of allylic oxidation sites excluding steroid dienone is 1. The number of ketones is 1. The van der Waals surface area contributed by atoms with Crippen LogP contribution in [0.4, 0.5) is 0 Å². The summed E-state index contributed by atoms with van der Waals surface area (Å²) >= 11 is 0. The maximum absolute atomic E-state index is 12.7. The van der Waals surface area contributed by atoms with E-state index < -0.39 is 17.1 Å². The summed E-state index contributed by atoms with van der Waals surface area (Å²) in [5, 5.41) is 20.6. The molecule has 0 amide bonds. The lowest BCUT2D eigenvalue weighted by Crippen LogP contribution is -2.48. The van der Waals surface area contributed by atoms with Crippen molar-refractivity contribution >= 4 is 5.78 Å². The van der Waals surface area contributed by atoms with Crippen LogP contribution in [0.15, 0.2) is 29.8 Å². The number of fused-ring (bicyclic) bond motifs is 3. The van der Waals surface area contributed by atoms with Crippen molar-refractivity contribution in [2.75, 3.05) is 0 Å². The monoisotopic (exact) mass is 314 g/mol. The van der Waals surface area contributed by atoms with Gasteiger partial charge in [0.05, 0.1) is 11.7 Å². The van der Waals surface area contributed by atoms with Gasteiger partial charge in [-0.2, -0.15) is 0 Å². The molecule has 0 aliphatic heterocycles. The second kappa shape index (κ2) is 4.78. The Kier molecular flexibility index (Phi) is 3.41. The van der Waals surface area contributed by atoms with Gasteiger partial charge in [0, 0.05) is 16.4 Å². The lowest BCUT2D eigenvalue weighted by Gasteiger charge is -2.51. The van der Waals surface area contributed by atoms with E-state index in [0.29, 0.717) is 5.56 Å². The molecule has 0 spiro atoms. The molecule has 0 aromatic heterocycles. The van der Waals surface area contributed by atoms with E-state index >= 15 is 0 Å². The highest BCUT2D eigenvalue weighted by molar-refractivity contribution is 6.08. The molecular weight excluding hydrogens is 288 g/mol. The van der Waals surface area contributed by atoms with Gasteiger partial charge in [0.25, 0.3) is 0 Å². The van der Waals surface area contributed by atoms with Crippen molar-refractivity contribution in [2.45, 2.75) is 64.6 Å². The fourth-order valence-electron chi connectivity index (χ4n) is 4.26. The standard InChI is InChI=1S/C20H26O3/c1-18(2)16-11-15(21)13-10-12(19(3,4)23)6-7-14(13)20(16,5)9-8-17(18)22/h6-7,10-11,17,22-23H,8-9H2,1-5H3/t17-,20+/m1/s1. The Labute approximate surface area is 138 Å². The first-order chi connectivity index (χ1) is 10.5. The summed E-state index contributed by atoms with van der Waals surface area (Å²) < 4.78 is 0. The van der Waals surface area contributed by atoms with Crippen LogP contribution in [-0.2, 0) is 11.0 Å². The molecule has 1 aromatic rings. The van der Waals surface area contributed by atoms with Gasteiger partial charge in [-0.3, -0.25) is 4.79 Å². The summed E-state index contributed by atoms with van der Waals surface area (Å²) in [6, 6.07) is 5.73. The van der Waals surface area contributed by atoms with Crippen LogP contribution >= 0.6 is 0 Å². The van der Waals surface area contributed by atoms with E-state index in [-0.39, 0.29) is 11.2 Å². The summed E-state index contributed by atoms with van der Waals surface area (Å²) in [5.74, 6) is -0.0271. The summed E-state index contributed by atoms with van der Waals surface area (Å²) in [6.07, 6.45) is 2.85. The van der Waals surface area contributed by atoms with Gasteiger partial charge in [0.1, 0.15) is 0 Å². The average molecular weight is 314 g/mol. The molecule has 0 saturated heterocycles. The molecular formula is C20H26O3. The second-order valence-electron chi connectivity index (χ2n) is 8.35. The molecule has 2 atom stereocenters. The first-order valence-corrected chi connectivity index (χ1v) is 8.30. The minimum absolute atomic E-state index is 0.0271. The van der Waals surface area contributed by atoms with E-state index in [9.17, 15) is 15.0 Å². The van der Waals surface area contributed by atoms with Gasteiger partial charge in [0.15, 0.2) is 5.78 Å². The van der Waals surface area contributed by atoms with Crippen LogP contribution in [0.2, 0.25) is 0 Å². The molecule has 2 aliphatic carbocycles. The zero-order valence-corrected chi connectivity index (χ0v) is 14.6. The van der Waals surface area contributed by atoms with Gasteiger partial charge in [-0.1, -0.05) is 32.9 Å². The predicted molar refractivity (Wildman–Crippen MR) is 90.5 cm³/mol. The Hall–Kier alpha value is -1.45. The normalized spacial score (nSPS) is 29.6. The molecule has 1 aromatic carbocycles. The van der Waals surface area contributed by atoms with Crippen molar-refractivity contribution in [1.29, 1.82) is 0 Å². The average Bonchev–Trinajstić information content (AvgIpc) is 2.46. The maximum atomic E-state index is 12.7. The summed E-state index contributed by atoms with van der Waals surface area (Å²) in [4.78, 5) is 12.7. The number of hydrogen-bond donors (Lipinski definition) is 2. The van der Waals surface area contributed by atoms with Crippen molar-refractivity contribution in [3.05, 3.63) is 46.5 Å². The van der Waals surface area contributed by atoms with E-state index in [2.05, 4.69) is 6.92 Å². The predicted octanol–water partition coefficient (Wildman–Crippen LogP) is 3.48. The third kappa shape index (κ3) is 2.29. The highest BCUT2D eigenvalue weighted by Gasteiger charge is 2.50. The molecule has 23 heavy (non-hydrogen) atoms. The number of hydrogen-bond acceptors (Lipinski definition) is 3. The van der Waals surface area contributed by atoms with Gasteiger partial charge in [-0.05, 0) is 55.5 Å².